The van der Waals surface area contributed by atoms with Crippen LogP contribution >= 0.6 is 0 Å². The Bertz CT molecular complexity index is 1020. The lowest BCUT2D eigenvalue weighted by molar-refractivity contribution is -0.122. The molecule has 5 rings (SSSR count). The Hall–Kier alpha value is -3.42. The maximum absolute atomic E-state index is 13.4. The molecule has 2 heterocycles. The van der Waals surface area contributed by atoms with E-state index >= 15 is 0 Å². The van der Waals surface area contributed by atoms with Crippen LogP contribution in [0.4, 0.5) is 0 Å². The van der Waals surface area contributed by atoms with E-state index in [0.717, 1.165) is 31.2 Å². The molecule has 1 aliphatic carbocycles. The number of hydrogen-bond donors (Lipinski definition) is 1. The number of carbonyl (C=O) groups is 2. The van der Waals surface area contributed by atoms with Crippen LogP contribution in [0.5, 0.6) is 23.0 Å². The van der Waals surface area contributed by atoms with Crippen molar-refractivity contribution in [3.63, 3.8) is 0 Å². The molecule has 32 heavy (non-hydrogen) atoms. The highest BCUT2D eigenvalue weighted by Crippen LogP contribution is 2.33. The molecule has 2 aromatic carbocycles. The van der Waals surface area contributed by atoms with Crippen molar-refractivity contribution < 1.29 is 28.5 Å². The van der Waals surface area contributed by atoms with Gasteiger partial charge in [-0.25, -0.2) is 0 Å². The number of benzene rings is 2. The topological polar surface area (TPSA) is 86.3 Å². The highest BCUT2D eigenvalue weighted by Gasteiger charge is 2.30. The van der Waals surface area contributed by atoms with Crippen LogP contribution in [0.25, 0.3) is 0 Å². The molecule has 168 valence electrons. The molecule has 2 aliphatic heterocycles. The second kappa shape index (κ2) is 8.98. The first-order valence-corrected chi connectivity index (χ1v) is 11.0. The van der Waals surface area contributed by atoms with Crippen molar-refractivity contribution >= 4 is 11.8 Å². The fraction of sp³-hybridized carbons (Fsp3) is 0.417. The number of nitrogens with zero attached hydrogens (tertiary/aromatic N) is 1. The van der Waals surface area contributed by atoms with Gasteiger partial charge in [-0.05, 0) is 48.7 Å². The van der Waals surface area contributed by atoms with Gasteiger partial charge < -0.3 is 29.2 Å². The van der Waals surface area contributed by atoms with E-state index in [1.54, 1.807) is 23.1 Å². The lowest BCUT2D eigenvalue weighted by atomic mass is 10.1. The normalized spacial score (nSPS) is 16.6. The van der Waals surface area contributed by atoms with E-state index < -0.39 is 0 Å². The van der Waals surface area contributed by atoms with Crippen LogP contribution in [0.3, 0.4) is 0 Å². The van der Waals surface area contributed by atoms with E-state index in [2.05, 4.69) is 5.32 Å². The summed E-state index contributed by atoms with van der Waals surface area (Å²) in [5.74, 6) is 2.24. The van der Waals surface area contributed by atoms with Crippen LogP contribution in [-0.4, -0.2) is 49.3 Å². The number of rotatable bonds is 6. The van der Waals surface area contributed by atoms with Gasteiger partial charge in [0.05, 0.1) is 0 Å². The Labute approximate surface area is 186 Å². The number of carbonyl (C=O) groups excluding carboxylic acids is 2. The zero-order chi connectivity index (χ0) is 21.9. The SMILES string of the molecule is O=C(CN(C(=O)c1ccc2c(c1)OCCO2)C1CCCC1)NCc1ccc2c(c1)OCO2. The first kappa shape index (κ1) is 20.5. The number of amides is 2. The average Bonchev–Trinajstić information content (AvgIpc) is 3.52. The Morgan fingerprint density at radius 3 is 2.41 bits per heavy atom. The van der Waals surface area contributed by atoms with Crippen LogP contribution in [-0.2, 0) is 11.3 Å². The fourth-order valence-corrected chi connectivity index (χ4v) is 4.39. The number of hydrogen-bond acceptors (Lipinski definition) is 6. The third kappa shape index (κ3) is 4.30. The first-order valence-electron chi connectivity index (χ1n) is 11.0. The van der Waals surface area contributed by atoms with Crippen LogP contribution in [0.15, 0.2) is 36.4 Å². The summed E-state index contributed by atoms with van der Waals surface area (Å²) in [5, 5.41) is 2.93. The highest BCUT2D eigenvalue weighted by molar-refractivity contribution is 5.97. The maximum atomic E-state index is 13.4. The molecule has 1 fully saturated rings. The molecule has 2 aromatic rings. The first-order chi connectivity index (χ1) is 15.7. The zero-order valence-electron chi connectivity index (χ0n) is 17.8. The summed E-state index contributed by atoms with van der Waals surface area (Å²) >= 11 is 0. The Morgan fingerprint density at radius 2 is 1.56 bits per heavy atom. The van der Waals surface area contributed by atoms with E-state index in [-0.39, 0.29) is 31.2 Å². The number of nitrogens with one attached hydrogen (secondary N) is 1. The average molecular weight is 438 g/mol. The summed E-state index contributed by atoms with van der Waals surface area (Å²) in [6.07, 6.45) is 3.94. The van der Waals surface area contributed by atoms with Crippen molar-refractivity contribution in [3.05, 3.63) is 47.5 Å². The molecule has 8 heteroatoms. The van der Waals surface area contributed by atoms with Gasteiger partial charge in [0.2, 0.25) is 12.7 Å². The van der Waals surface area contributed by atoms with Gasteiger partial charge in [-0.1, -0.05) is 18.9 Å². The second-order valence-corrected chi connectivity index (χ2v) is 8.19. The number of fused-ring (bicyclic) bond motifs is 2. The molecule has 0 aromatic heterocycles. The van der Waals surface area contributed by atoms with Gasteiger partial charge in [0.25, 0.3) is 5.91 Å². The minimum Gasteiger partial charge on any atom is -0.486 e. The van der Waals surface area contributed by atoms with E-state index in [0.29, 0.717) is 48.3 Å². The van der Waals surface area contributed by atoms with Crippen molar-refractivity contribution in [1.29, 1.82) is 0 Å². The van der Waals surface area contributed by atoms with E-state index in [9.17, 15) is 9.59 Å². The molecule has 1 saturated carbocycles. The lowest BCUT2D eigenvalue weighted by Crippen LogP contribution is -2.45. The molecule has 0 radical (unpaired) electrons. The Morgan fingerprint density at radius 1 is 0.875 bits per heavy atom. The zero-order valence-corrected chi connectivity index (χ0v) is 17.8. The lowest BCUT2D eigenvalue weighted by Gasteiger charge is -2.29. The summed E-state index contributed by atoms with van der Waals surface area (Å²) < 4.78 is 21.9. The summed E-state index contributed by atoms with van der Waals surface area (Å²) in [6.45, 7) is 1.54. The largest absolute Gasteiger partial charge is 0.486 e. The maximum Gasteiger partial charge on any atom is 0.254 e. The summed E-state index contributed by atoms with van der Waals surface area (Å²) in [5.41, 5.74) is 1.41. The molecule has 0 saturated heterocycles. The van der Waals surface area contributed by atoms with Gasteiger partial charge in [-0.2, -0.15) is 0 Å². The molecule has 3 aliphatic rings. The van der Waals surface area contributed by atoms with Gasteiger partial charge in [-0.15, -0.1) is 0 Å². The van der Waals surface area contributed by atoms with Gasteiger partial charge in [-0.3, -0.25) is 9.59 Å². The molecule has 0 atom stereocenters. The Balaban J connectivity index is 1.26. The molecule has 0 spiro atoms. The van der Waals surface area contributed by atoms with Crippen LogP contribution < -0.4 is 24.3 Å². The predicted molar refractivity (Wildman–Crippen MR) is 115 cm³/mol. The minimum absolute atomic E-state index is 0.0164. The van der Waals surface area contributed by atoms with Gasteiger partial charge in [0, 0.05) is 18.2 Å². The van der Waals surface area contributed by atoms with Crippen molar-refractivity contribution in [2.75, 3.05) is 26.6 Å². The Kier molecular flexibility index (Phi) is 5.75. The van der Waals surface area contributed by atoms with Gasteiger partial charge in [0.1, 0.15) is 19.8 Å². The second-order valence-electron chi connectivity index (χ2n) is 8.19. The third-order valence-corrected chi connectivity index (χ3v) is 6.06. The third-order valence-electron chi connectivity index (χ3n) is 6.06. The molecule has 2 amide bonds. The molecule has 0 unspecified atom stereocenters. The van der Waals surface area contributed by atoms with Crippen molar-refractivity contribution in [3.8, 4) is 23.0 Å². The smallest absolute Gasteiger partial charge is 0.254 e. The summed E-state index contributed by atoms with van der Waals surface area (Å²) in [7, 11) is 0. The highest BCUT2D eigenvalue weighted by atomic mass is 16.7. The van der Waals surface area contributed by atoms with Crippen LogP contribution in [0, 0.1) is 0 Å². The quantitative estimate of drug-likeness (QED) is 0.747. The predicted octanol–water partition coefficient (Wildman–Crippen LogP) is 2.89. The van der Waals surface area contributed by atoms with Gasteiger partial charge in [0.15, 0.2) is 23.0 Å². The van der Waals surface area contributed by atoms with E-state index in [1.165, 1.54) is 0 Å². The number of ether oxygens (including phenoxy) is 4. The molecule has 0 bridgehead atoms. The monoisotopic (exact) mass is 438 g/mol. The summed E-state index contributed by atoms with van der Waals surface area (Å²) in [6, 6.07) is 10.9. The molecular formula is C24H26N2O6. The molecule has 8 nitrogen and oxygen atoms in total. The van der Waals surface area contributed by atoms with Crippen molar-refractivity contribution in [1.82, 2.24) is 10.2 Å². The van der Waals surface area contributed by atoms with E-state index in [1.807, 2.05) is 18.2 Å². The van der Waals surface area contributed by atoms with Crippen LogP contribution in [0.2, 0.25) is 0 Å². The minimum atomic E-state index is -0.194. The van der Waals surface area contributed by atoms with Crippen LogP contribution in [0.1, 0.15) is 41.6 Å². The van der Waals surface area contributed by atoms with Gasteiger partial charge >= 0.3 is 0 Å². The summed E-state index contributed by atoms with van der Waals surface area (Å²) in [4.78, 5) is 27.9. The van der Waals surface area contributed by atoms with Crippen molar-refractivity contribution in [2.24, 2.45) is 0 Å². The fourth-order valence-electron chi connectivity index (χ4n) is 4.39. The van der Waals surface area contributed by atoms with E-state index in [4.69, 9.17) is 18.9 Å². The molecular weight excluding hydrogens is 412 g/mol. The van der Waals surface area contributed by atoms with Crippen molar-refractivity contribution in [2.45, 2.75) is 38.3 Å². The molecule has 1 N–H and O–H groups in total. The standard InChI is InChI=1S/C24H26N2O6/c27-23(25-13-16-5-7-20-21(11-16)32-15-31-20)14-26(18-3-1-2-4-18)24(28)17-6-8-19-22(12-17)30-10-9-29-19/h5-8,11-12,18H,1-4,9-10,13-15H2,(H,25,27).